The Balaban J connectivity index is 1.96. The zero-order valence-electron chi connectivity index (χ0n) is 17.9. The first-order valence-corrected chi connectivity index (χ1v) is 10.0. The monoisotopic (exact) mass is 478 g/mol. The lowest BCUT2D eigenvalue weighted by Crippen LogP contribution is -2.58. The van der Waals surface area contributed by atoms with Gasteiger partial charge in [0.25, 0.3) is 0 Å². The Morgan fingerprint density at radius 1 is 0.912 bits per heavy atom. The number of aliphatic hydroxyl groups is 3. The molecule has 1 saturated heterocycles. The normalized spacial score (nSPS) is 24.8. The van der Waals surface area contributed by atoms with E-state index in [1.165, 1.54) is 20.1 Å². The smallest absolute Gasteiger partial charge is 0.239 e. The molecule has 12 heteroatoms. The van der Waals surface area contributed by atoms with Gasteiger partial charge < -0.3 is 54.4 Å². The van der Waals surface area contributed by atoms with Gasteiger partial charge in [-0.1, -0.05) is 0 Å². The molecule has 2 heterocycles. The Kier molecular flexibility index (Phi) is 5.91. The van der Waals surface area contributed by atoms with Crippen LogP contribution >= 0.6 is 0 Å². The van der Waals surface area contributed by atoms with Crippen LogP contribution < -0.4 is 14.9 Å². The Morgan fingerprint density at radius 2 is 1.62 bits per heavy atom. The van der Waals surface area contributed by atoms with Crippen LogP contribution in [0.2, 0.25) is 0 Å². The van der Waals surface area contributed by atoms with Crippen molar-refractivity contribution in [1.29, 1.82) is 0 Å². The number of fused-ring (bicyclic) bond motifs is 1. The lowest BCUT2D eigenvalue weighted by Gasteiger charge is -2.38. The largest absolute Gasteiger partial charge is 0.508 e. The molecule has 3 aromatic rings. The maximum atomic E-state index is 13.3. The van der Waals surface area contributed by atoms with E-state index in [4.69, 9.17) is 18.6 Å². The fourth-order valence-electron chi connectivity index (χ4n) is 3.67. The number of aliphatic hydroxyl groups excluding tert-OH is 3. The van der Waals surface area contributed by atoms with Gasteiger partial charge in [-0.3, -0.25) is 4.79 Å². The van der Waals surface area contributed by atoms with Gasteiger partial charge in [0, 0.05) is 17.7 Å². The van der Waals surface area contributed by atoms with Gasteiger partial charge in [-0.25, -0.2) is 0 Å². The molecule has 4 rings (SSSR count). The molecular formula is C22H22O12. The predicted molar refractivity (Wildman–Crippen MR) is 114 cm³/mol. The van der Waals surface area contributed by atoms with Crippen LogP contribution in [0, 0.1) is 0 Å². The number of phenols is 4. The topological polar surface area (TPSA) is 200 Å². The quantitative estimate of drug-likeness (QED) is 0.257. The van der Waals surface area contributed by atoms with Crippen molar-refractivity contribution in [3.8, 4) is 45.8 Å². The number of methoxy groups -OCH3 is 1. The second-order valence-corrected chi connectivity index (χ2v) is 7.77. The summed E-state index contributed by atoms with van der Waals surface area (Å²) >= 11 is 0. The van der Waals surface area contributed by atoms with Crippen molar-refractivity contribution in [3.05, 3.63) is 34.5 Å². The second-order valence-electron chi connectivity index (χ2n) is 7.77. The molecule has 1 aliphatic rings. The summed E-state index contributed by atoms with van der Waals surface area (Å²) in [5.41, 5.74) is -1.21. The maximum Gasteiger partial charge on any atom is 0.239 e. The van der Waals surface area contributed by atoms with E-state index >= 15 is 0 Å². The molecule has 7 N–H and O–H groups in total. The van der Waals surface area contributed by atoms with Crippen molar-refractivity contribution < 1.29 is 54.4 Å². The Labute approximate surface area is 191 Å². The zero-order chi connectivity index (χ0) is 24.9. The summed E-state index contributed by atoms with van der Waals surface area (Å²) < 4.78 is 21.7. The summed E-state index contributed by atoms with van der Waals surface area (Å²) in [4.78, 5) is 13.3. The Bertz CT molecular complexity index is 1300. The number of phenolic OH excluding ortho intramolecular Hbond substituents is 4. The minimum atomic E-state index is -1.77. The highest BCUT2D eigenvalue weighted by molar-refractivity contribution is 5.88. The maximum absolute atomic E-state index is 13.3. The lowest BCUT2D eigenvalue weighted by atomic mass is 10.00. The standard InChI is InChI=1S/C22H22O12/c1-7-15(26)18(29)19(30)22(32-7)34-21-17(28)14-10(24)5-9(23)6-12(14)33-20(21)8-3-11(25)16(27)13(4-8)31-2/h3-7,15,18-19,22-27,29-30H,1-2H3. The number of aromatic hydroxyl groups is 4. The number of rotatable bonds is 4. The molecule has 5 atom stereocenters. The highest BCUT2D eigenvalue weighted by Crippen LogP contribution is 2.43. The van der Waals surface area contributed by atoms with Crippen LogP contribution in [0.3, 0.4) is 0 Å². The molecule has 12 nitrogen and oxygen atoms in total. The van der Waals surface area contributed by atoms with Gasteiger partial charge >= 0.3 is 0 Å². The average Bonchev–Trinajstić information content (AvgIpc) is 2.78. The summed E-state index contributed by atoms with van der Waals surface area (Å²) in [6.07, 6.45) is -7.48. The predicted octanol–water partition coefficient (Wildman–Crippen LogP) is 0.497. The summed E-state index contributed by atoms with van der Waals surface area (Å²) in [7, 11) is 1.22. The van der Waals surface area contributed by atoms with Crippen LogP contribution in [0.5, 0.6) is 34.5 Å². The molecule has 2 aromatic carbocycles. The molecule has 0 saturated carbocycles. The Hall–Kier alpha value is -3.71. The van der Waals surface area contributed by atoms with E-state index < -0.39 is 64.9 Å². The van der Waals surface area contributed by atoms with E-state index in [-0.39, 0.29) is 28.0 Å². The molecule has 1 aromatic heterocycles. The first-order chi connectivity index (χ1) is 16.0. The SMILES string of the molecule is COc1cc(-c2oc3cc(O)cc(O)c3c(=O)c2OC2OC(C)C(O)C(O)C2O)cc(O)c1O. The molecule has 182 valence electrons. The van der Waals surface area contributed by atoms with E-state index in [1.807, 2.05) is 0 Å². The minimum Gasteiger partial charge on any atom is -0.508 e. The van der Waals surface area contributed by atoms with Crippen molar-refractivity contribution in [1.82, 2.24) is 0 Å². The van der Waals surface area contributed by atoms with Crippen LogP contribution in [-0.2, 0) is 4.74 Å². The number of ether oxygens (including phenoxy) is 3. The van der Waals surface area contributed by atoms with Crippen LogP contribution in [0.25, 0.3) is 22.3 Å². The summed E-state index contributed by atoms with van der Waals surface area (Å²) in [6.45, 7) is 1.41. The van der Waals surface area contributed by atoms with E-state index in [2.05, 4.69) is 0 Å². The molecule has 0 radical (unpaired) electrons. The summed E-state index contributed by atoms with van der Waals surface area (Å²) in [6, 6.07) is 4.23. The molecule has 0 aliphatic carbocycles. The van der Waals surface area contributed by atoms with Crippen LogP contribution in [0.4, 0.5) is 0 Å². The lowest BCUT2D eigenvalue weighted by molar-refractivity contribution is -0.268. The van der Waals surface area contributed by atoms with Gasteiger partial charge in [-0.2, -0.15) is 0 Å². The third kappa shape index (κ3) is 3.82. The molecule has 0 bridgehead atoms. The van der Waals surface area contributed by atoms with Gasteiger partial charge in [0.05, 0.1) is 13.2 Å². The first-order valence-electron chi connectivity index (χ1n) is 10.0. The molecule has 34 heavy (non-hydrogen) atoms. The van der Waals surface area contributed by atoms with Crippen LogP contribution in [-0.4, -0.2) is 73.6 Å². The first kappa shape index (κ1) is 23.4. The number of benzene rings is 2. The number of hydrogen-bond donors (Lipinski definition) is 7. The van der Waals surface area contributed by atoms with Gasteiger partial charge in [0.1, 0.15) is 40.8 Å². The van der Waals surface area contributed by atoms with Gasteiger partial charge in [-0.05, 0) is 19.1 Å². The minimum absolute atomic E-state index is 0.0251. The van der Waals surface area contributed by atoms with E-state index in [1.54, 1.807) is 0 Å². The fourth-order valence-corrected chi connectivity index (χ4v) is 3.67. The molecule has 0 amide bonds. The Morgan fingerprint density at radius 3 is 2.29 bits per heavy atom. The van der Waals surface area contributed by atoms with Crippen molar-refractivity contribution in [3.63, 3.8) is 0 Å². The van der Waals surface area contributed by atoms with E-state index in [0.717, 1.165) is 18.2 Å². The molecule has 1 aliphatic heterocycles. The summed E-state index contributed by atoms with van der Waals surface area (Å²) in [5, 5.41) is 70.1. The van der Waals surface area contributed by atoms with E-state index in [0.29, 0.717) is 0 Å². The van der Waals surface area contributed by atoms with Crippen molar-refractivity contribution in [2.75, 3.05) is 7.11 Å². The molecule has 5 unspecified atom stereocenters. The van der Waals surface area contributed by atoms with Crippen LogP contribution in [0.15, 0.2) is 33.5 Å². The number of hydrogen-bond acceptors (Lipinski definition) is 12. The molecule has 1 fully saturated rings. The molecular weight excluding hydrogens is 456 g/mol. The van der Waals surface area contributed by atoms with Gasteiger partial charge in [0.15, 0.2) is 17.3 Å². The van der Waals surface area contributed by atoms with Crippen LogP contribution in [0.1, 0.15) is 6.92 Å². The highest BCUT2D eigenvalue weighted by Gasteiger charge is 2.44. The third-order valence-corrected chi connectivity index (χ3v) is 5.50. The van der Waals surface area contributed by atoms with Gasteiger partial charge in [0.2, 0.25) is 23.2 Å². The van der Waals surface area contributed by atoms with Crippen molar-refractivity contribution >= 4 is 11.0 Å². The third-order valence-electron chi connectivity index (χ3n) is 5.50. The average molecular weight is 478 g/mol. The summed E-state index contributed by atoms with van der Waals surface area (Å²) in [5.74, 6) is -3.35. The van der Waals surface area contributed by atoms with Crippen molar-refractivity contribution in [2.45, 2.75) is 37.6 Å². The van der Waals surface area contributed by atoms with E-state index in [9.17, 15) is 40.5 Å². The fraction of sp³-hybridized carbons (Fsp3) is 0.318. The zero-order valence-corrected chi connectivity index (χ0v) is 17.9. The molecule has 0 spiro atoms. The highest BCUT2D eigenvalue weighted by atomic mass is 16.7. The van der Waals surface area contributed by atoms with Crippen molar-refractivity contribution in [2.24, 2.45) is 0 Å². The van der Waals surface area contributed by atoms with Gasteiger partial charge in [-0.15, -0.1) is 0 Å². The second kappa shape index (κ2) is 8.57.